The zero-order chi connectivity index (χ0) is 13.2. The van der Waals surface area contributed by atoms with Gasteiger partial charge in [0.15, 0.2) is 0 Å². The maximum Gasteiger partial charge on any atom is 0.246 e. The molecule has 0 unspecified atom stereocenters. The highest BCUT2D eigenvalue weighted by Gasteiger charge is 2.14. The molecule has 0 amide bonds. The van der Waals surface area contributed by atoms with Gasteiger partial charge >= 0.3 is 0 Å². The molecule has 96 valence electrons. The number of benzene rings is 1. The Kier molecular flexibility index (Phi) is 2.79. The number of methoxy groups -OCH3 is 1. The van der Waals surface area contributed by atoms with Gasteiger partial charge in [0.25, 0.3) is 0 Å². The fourth-order valence-electron chi connectivity index (χ4n) is 1.76. The van der Waals surface area contributed by atoms with E-state index in [1.165, 1.54) is 13.2 Å². The molecule has 6 nitrogen and oxygen atoms in total. The molecular formula is C12H9FN4O2. The molecule has 7 heteroatoms. The van der Waals surface area contributed by atoms with Crippen molar-refractivity contribution >= 4 is 11.3 Å². The van der Waals surface area contributed by atoms with Gasteiger partial charge in [0, 0.05) is 6.42 Å². The molecule has 0 spiro atoms. The van der Waals surface area contributed by atoms with Gasteiger partial charge in [-0.05, 0) is 21.9 Å². The summed E-state index contributed by atoms with van der Waals surface area (Å²) in [5, 5.41) is 7.19. The second-order valence-electron chi connectivity index (χ2n) is 3.86. The fraction of sp³-hybridized carbons (Fsp3) is 0.167. The third-order valence-electron chi connectivity index (χ3n) is 2.66. The van der Waals surface area contributed by atoms with Gasteiger partial charge in [0.05, 0.1) is 7.11 Å². The topological polar surface area (TPSA) is 73.9 Å². The molecule has 0 saturated carbocycles. The fourth-order valence-corrected chi connectivity index (χ4v) is 1.76. The smallest absolute Gasteiger partial charge is 0.246 e. The van der Waals surface area contributed by atoms with Gasteiger partial charge in [-0.3, -0.25) is 0 Å². The number of rotatable bonds is 3. The Morgan fingerprint density at radius 1 is 1.16 bits per heavy atom. The average Bonchev–Trinajstić information content (AvgIpc) is 2.87. The molecule has 1 aromatic carbocycles. The van der Waals surface area contributed by atoms with Gasteiger partial charge in [-0.25, -0.2) is 14.0 Å². The summed E-state index contributed by atoms with van der Waals surface area (Å²) in [6.45, 7) is 0. The summed E-state index contributed by atoms with van der Waals surface area (Å²) in [5.74, 6) is -0.0174. The van der Waals surface area contributed by atoms with E-state index in [9.17, 15) is 4.39 Å². The third kappa shape index (κ3) is 2.10. The largest absolute Gasteiger partial charge is 0.480 e. The van der Waals surface area contributed by atoms with Crippen LogP contribution < -0.4 is 4.74 Å². The van der Waals surface area contributed by atoms with E-state index in [2.05, 4.69) is 24.9 Å². The van der Waals surface area contributed by atoms with E-state index in [0.717, 1.165) is 0 Å². The van der Waals surface area contributed by atoms with Crippen LogP contribution in [0.5, 0.6) is 5.88 Å². The van der Waals surface area contributed by atoms with Crippen LogP contribution in [0.2, 0.25) is 0 Å². The van der Waals surface area contributed by atoms with Gasteiger partial charge in [0.2, 0.25) is 17.2 Å². The number of nitrogens with zero attached hydrogens (tertiary/aromatic N) is 4. The van der Waals surface area contributed by atoms with E-state index in [-0.39, 0.29) is 29.4 Å². The van der Waals surface area contributed by atoms with Crippen molar-refractivity contribution < 1.29 is 13.8 Å². The summed E-state index contributed by atoms with van der Waals surface area (Å²) in [4.78, 5) is 8.33. The zero-order valence-corrected chi connectivity index (χ0v) is 10.00. The summed E-state index contributed by atoms with van der Waals surface area (Å²) >= 11 is 0. The molecule has 0 fully saturated rings. The highest BCUT2D eigenvalue weighted by Crippen LogP contribution is 2.20. The summed E-state index contributed by atoms with van der Waals surface area (Å²) in [6, 6.07) is 6.47. The van der Waals surface area contributed by atoms with E-state index in [4.69, 9.17) is 4.74 Å². The number of ether oxygens (including phenoxy) is 1. The van der Waals surface area contributed by atoms with Crippen molar-refractivity contribution in [1.82, 2.24) is 20.3 Å². The Morgan fingerprint density at radius 3 is 2.63 bits per heavy atom. The highest BCUT2D eigenvalue weighted by molar-refractivity contribution is 5.64. The average molecular weight is 260 g/mol. The third-order valence-corrected chi connectivity index (χ3v) is 2.66. The first-order valence-corrected chi connectivity index (χ1v) is 5.54. The molecular weight excluding hydrogens is 251 g/mol. The lowest BCUT2D eigenvalue weighted by atomic mass is 10.1. The SMILES string of the molecule is COc1nc2nonc2nc1Cc1ccccc1F. The van der Waals surface area contributed by atoms with Crippen LogP contribution in [0.1, 0.15) is 11.3 Å². The molecule has 0 N–H and O–H groups in total. The van der Waals surface area contributed by atoms with Gasteiger partial charge in [0.1, 0.15) is 11.5 Å². The minimum atomic E-state index is -0.301. The van der Waals surface area contributed by atoms with Gasteiger partial charge in [-0.2, -0.15) is 4.98 Å². The van der Waals surface area contributed by atoms with E-state index in [1.54, 1.807) is 18.2 Å². The van der Waals surface area contributed by atoms with Crippen molar-refractivity contribution in [3.05, 3.63) is 41.3 Å². The Hall–Kier alpha value is -2.57. The Balaban J connectivity index is 2.06. The van der Waals surface area contributed by atoms with Crippen LogP contribution in [0.3, 0.4) is 0 Å². The normalized spacial score (nSPS) is 10.8. The molecule has 0 saturated heterocycles. The molecule has 0 aliphatic rings. The minimum absolute atomic E-state index is 0.256. The van der Waals surface area contributed by atoms with Crippen molar-refractivity contribution in [3.8, 4) is 5.88 Å². The maximum atomic E-state index is 13.6. The lowest BCUT2D eigenvalue weighted by Gasteiger charge is -2.06. The van der Waals surface area contributed by atoms with E-state index in [0.29, 0.717) is 11.3 Å². The number of hydrogen-bond donors (Lipinski definition) is 0. The molecule has 0 bridgehead atoms. The van der Waals surface area contributed by atoms with Crippen molar-refractivity contribution in [2.75, 3.05) is 7.11 Å². The standard InChI is InChI=1S/C12H9FN4O2/c1-18-12-9(6-7-4-2-3-5-8(7)13)14-10-11(15-12)17-19-16-10/h2-5H,6H2,1H3. The van der Waals surface area contributed by atoms with Crippen LogP contribution in [0.4, 0.5) is 4.39 Å². The Labute approximate surface area is 107 Å². The molecule has 2 aromatic heterocycles. The number of aromatic nitrogens is 4. The van der Waals surface area contributed by atoms with E-state index < -0.39 is 0 Å². The first-order valence-electron chi connectivity index (χ1n) is 5.54. The molecule has 0 aliphatic carbocycles. The highest BCUT2D eigenvalue weighted by atomic mass is 19.1. The molecule has 0 radical (unpaired) electrons. The summed E-state index contributed by atoms with van der Waals surface area (Å²) in [6.07, 6.45) is 0.256. The monoisotopic (exact) mass is 260 g/mol. The summed E-state index contributed by atoms with van der Waals surface area (Å²) < 4.78 is 23.3. The van der Waals surface area contributed by atoms with Crippen LogP contribution in [-0.4, -0.2) is 27.4 Å². The van der Waals surface area contributed by atoms with E-state index >= 15 is 0 Å². The first kappa shape index (κ1) is 11.5. The molecule has 2 heterocycles. The van der Waals surface area contributed by atoms with Crippen molar-refractivity contribution in [1.29, 1.82) is 0 Å². The Bertz CT molecular complexity index is 729. The summed E-state index contributed by atoms with van der Waals surface area (Å²) in [7, 11) is 1.47. The van der Waals surface area contributed by atoms with Crippen LogP contribution in [0.15, 0.2) is 28.9 Å². The second kappa shape index (κ2) is 4.60. The quantitative estimate of drug-likeness (QED) is 0.714. The van der Waals surface area contributed by atoms with Crippen LogP contribution in [0.25, 0.3) is 11.3 Å². The predicted octanol–water partition coefficient (Wildman–Crippen LogP) is 1.75. The van der Waals surface area contributed by atoms with Crippen molar-refractivity contribution in [2.24, 2.45) is 0 Å². The van der Waals surface area contributed by atoms with Crippen LogP contribution in [0, 0.1) is 5.82 Å². The zero-order valence-electron chi connectivity index (χ0n) is 10.00. The second-order valence-corrected chi connectivity index (χ2v) is 3.86. The lowest BCUT2D eigenvalue weighted by Crippen LogP contribution is -2.02. The Morgan fingerprint density at radius 2 is 1.89 bits per heavy atom. The van der Waals surface area contributed by atoms with E-state index in [1.807, 2.05) is 0 Å². The molecule has 19 heavy (non-hydrogen) atoms. The lowest BCUT2D eigenvalue weighted by molar-refractivity contribution is 0.313. The maximum absolute atomic E-state index is 13.6. The molecule has 3 aromatic rings. The summed E-state index contributed by atoms with van der Waals surface area (Å²) in [5.41, 5.74) is 1.52. The minimum Gasteiger partial charge on any atom is -0.480 e. The van der Waals surface area contributed by atoms with Crippen molar-refractivity contribution in [3.63, 3.8) is 0 Å². The first-order chi connectivity index (χ1) is 9.28. The molecule has 0 atom stereocenters. The van der Waals surface area contributed by atoms with Gasteiger partial charge < -0.3 is 4.74 Å². The van der Waals surface area contributed by atoms with Crippen LogP contribution >= 0.6 is 0 Å². The number of hydrogen-bond acceptors (Lipinski definition) is 6. The molecule has 0 aliphatic heterocycles. The molecule has 3 rings (SSSR count). The van der Waals surface area contributed by atoms with Gasteiger partial charge in [-0.1, -0.05) is 18.2 Å². The number of halogens is 1. The van der Waals surface area contributed by atoms with Crippen molar-refractivity contribution in [2.45, 2.75) is 6.42 Å². The van der Waals surface area contributed by atoms with Crippen LogP contribution in [-0.2, 0) is 6.42 Å². The van der Waals surface area contributed by atoms with Gasteiger partial charge in [-0.15, -0.1) is 0 Å². The predicted molar refractivity (Wildman–Crippen MR) is 63.2 cm³/mol. The number of fused-ring (bicyclic) bond motifs is 1.